The molecule has 0 saturated carbocycles. The van der Waals surface area contributed by atoms with Crippen molar-refractivity contribution in [3.05, 3.63) is 12.2 Å². The van der Waals surface area contributed by atoms with Gasteiger partial charge in [0.2, 0.25) is 0 Å². The average Bonchev–Trinajstić information content (AvgIpc) is 2.42. The summed E-state index contributed by atoms with van der Waals surface area (Å²) in [5, 5.41) is 0. The van der Waals surface area contributed by atoms with Gasteiger partial charge in [-0.3, -0.25) is 0 Å². The van der Waals surface area contributed by atoms with Gasteiger partial charge in [-0.15, -0.1) is 0 Å². The minimum atomic E-state index is -1.20. The summed E-state index contributed by atoms with van der Waals surface area (Å²) < 4.78 is 26.2. The van der Waals surface area contributed by atoms with E-state index in [1.807, 2.05) is 0 Å². The predicted molar refractivity (Wildman–Crippen MR) is 73.6 cm³/mol. The number of ether oxygens (including phenoxy) is 4. The molecule has 0 aromatic carbocycles. The molecule has 1 unspecified atom stereocenters. The predicted octanol–water partition coefficient (Wildman–Crippen LogP) is 0.144. The molecule has 0 bridgehead atoms. The van der Waals surface area contributed by atoms with Gasteiger partial charge in [0.1, 0.15) is 6.10 Å². The molecule has 0 rings (SSSR count). The van der Waals surface area contributed by atoms with Crippen LogP contribution in [-0.2, 0) is 28.2 Å². The highest BCUT2D eigenvalue weighted by Gasteiger charge is 2.39. The summed E-state index contributed by atoms with van der Waals surface area (Å²) >= 11 is 0. The maximum absolute atomic E-state index is 11.2. The molecule has 112 valence electrons. The quantitative estimate of drug-likeness (QED) is 0.188. The van der Waals surface area contributed by atoms with Gasteiger partial charge in [0.25, 0.3) is 5.97 Å². The zero-order chi connectivity index (χ0) is 14.9. The zero-order valence-electron chi connectivity index (χ0n) is 12.4. The van der Waals surface area contributed by atoms with Gasteiger partial charge in [-0.1, -0.05) is 6.58 Å². The molecule has 0 aromatic heterocycles. The van der Waals surface area contributed by atoms with E-state index in [2.05, 4.69) is 6.58 Å². The molecule has 0 N–H and O–H groups in total. The number of esters is 1. The van der Waals surface area contributed by atoms with Crippen molar-refractivity contribution in [3.8, 4) is 0 Å². The van der Waals surface area contributed by atoms with Crippen LogP contribution in [0.2, 0.25) is 0 Å². The second-order valence-electron chi connectivity index (χ2n) is 4.00. The van der Waals surface area contributed by atoms with E-state index in [0.717, 1.165) is 0 Å². The summed E-state index contributed by atoms with van der Waals surface area (Å²) in [5.74, 6) is -1.59. The van der Waals surface area contributed by atoms with Gasteiger partial charge in [-0.2, -0.15) is 0 Å². The first-order valence-electron chi connectivity index (χ1n) is 5.98. The number of carbonyl (C=O) groups excluding carboxylic acids is 1. The number of hydrogen-bond donors (Lipinski definition) is 0. The fourth-order valence-electron chi connectivity index (χ4n) is 1.64. The molecule has 0 aromatic rings. The molecule has 0 aliphatic heterocycles. The highest BCUT2D eigenvalue weighted by Crippen LogP contribution is 2.23. The van der Waals surface area contributed by atoms with Crippen LogP contribution in [0.5, 0.6) is 0 Å². The fraction of sp³-hybridized carbons (Fsp3) is 0.750. The monoisotopic (exact) mass is 292 g/mol. The first-order valence-corrected chi connectivity index (χ1v) is 6.79. The van der Waals surface area contributed by atoms with Crippen LogP contribution in [0.4, 0.5) is 0 Å². The van der Waals surface area contributed by atoms with Crippen LogP contribution in [-0.4, -0.2) is 56.5 Å². The first kappa shape index (κ1) is 18.3. The van der Waals surface area contributed by atoms with Crippen molar-refractivity contribution in [3.63, 3.8) is 0 Å². The molecule has 0 fully saturated rings. The van der Waals surface area contributed by atoms with Crippen molar-refractivity contribution >= 4 is 16.5 Å². The first-order chi connectivity index (χ1) is 8.97. The standard InChI is InChI=1S/C12H24O6Si/c1-9(2)11(13)17-8-6-7-10(14-3)12(15-4,16-5)18-19/h10H,1,6-8H2,2-5,19H3. The number of methoxy groups -OCH3 is 3. The second kappa shape index (κ2) is 9.22. The van der Waals surface area contributed by atoms with Crippen LogP contribution < -0.4 is 0 Å². The van der Waals surface area contributed by atoms with Crippen LogP contribution in [0.25, 0.3) is 0 Å². The molecule has 6 nitrogen and oxygen atoms in total. The zero-order valence-corrected chi connectivity index (χ0v) is 14.4. The minimum Gasteiger partial charge on any atom is -0.462 e. The van der Waals surface area contributed by atoms with E-state index in [0.29, 0.717) is 28.9 Å². The molecule has 1 atom stereocenters. The minimum absolute atomic E-state index is 0.288. The summed E-state index contributed by atoms with van der Waals surface area (Å²) in [6.45, 7) is 5.41. The van der Waals surface area contributed by atoms with Crippen LogP contribution in [0.1, 0.15) is 19.8 Å². The van der Waals surface area contributed by atoms with Gasteiger partial charge in [0.15, 0.2) is 10.5 Å². The van der Waals surface area contributed by atoms with Gasteiger partial charge < -0.3 is 23.4 Å². The van der Waals surface area contributed by atoms with Crippen molar-refractivity contribution in [2.45, 2.75) is 31.8 Å². The third-order valence-electron chi connectivity index (χ3n) is 2.72. The van der Waals surface area contributed by atoms with Crippen LogP contribution in [0, 0.1) is 0 Å². The van der Waals surface area contributed by atoms with E-state index in [1.54, 1.807) is 14.0 Å². The number of hydrogen-bond acceptors (Lipinski definition) is 6. The maximum Gasteiger partial charge on any atom is 0.333 e. The lowest BCUT2D eigenvalue weighted by atomic mass is 10.1. The topological polar surface area (TPSA) is 63.2 Å². The van der Waals surface area contributed by atoms with Gasteiger partial charge in [0, 0.05) is 26.9 Å². The Balaban J connectivity index is 4.27. The van der Waals surface area contributed by atoms with Crippen LogP contribution in [0.15, 0.2) is 12.2 Å². The summed E-state index contributed by atoms with van der Waals surface area (Å²) in [7, 11) is 4.99. The van der Waals surface area contributed by atoms with Gasteiger partial charge >= 0.3 is 5.97 Å². The van der Waals surface area contributed by atoms with Gasteiger partial charge in [-0.05, 0) is 19.8 Å². The van der Waals surface area contributed by atoms with Gasteiger partial charge in [0.05, 0.1) is 6.61 Å². The molecule has 0 saturated heterocycles. The molecule has 0 spiro atoms. The van der Waals surface area contributed by atoms with E-state index in [4.69, 9.17) is 23.4 Å². The molecule has 7 heteroatoms. The Bertz CT molecular complexity index is 282. The molecule has 0 aliphatic rings. The molecule has 0 amide bonds. The molecule has 0 aliphatic carbocycles. The fourth-order valence-corrected chi connectivity index (χ4v) is 2.24. The summed E-state index contributed by atoms with van der Waals surface area (Å²) in [6, 6.07) is 0. The van der Waals surface area contributed by atoms with E-state index in [-0.39, 0.29) is 6.61 Å². The Morgan fingerprint density at radius 1 is 1.32 bits per heavy atom. The van der Waals surface area contributed by atoms with E-state index in [1.165, 1.54) is 14.2 Å². The third kappa shape index (κ3) is 5.41. The third-order valence-corrected chi connectivity index (χ3v) is 3.29. The van der Waals surface area contributed by atoms with Gasteiger partial charge in [-0.25, -0.2) is 4.79 Å². The average molecular weight is 292 g/mol. The SMILES string of the molecule is C=C(C)C(=O)OCCCC(OC)C(OC)(OC)O[SiH3]. The molecular formula is C12H24O6Si. The van der Waals surface area contributed by atoms with Crippen molar-refractivity contribution < 1.29 is 28.2 Å². The van der Waals surface area contributed by atoms with Crippen LogP contribution >= 0.6 is 0 Å². The highest BCUT2D eigenvalue weighted by atomic mass is 28.2. The lowest BCUT2D eigenvalue weighted by Crippen LogP contribution is -2.49. The Hall–Kier alpha value is -0.733. The van der Waals surface area contributed by atoms with E-state index in [9.17, 15) is 4.79 Å². The largest absolute Gasteiger partial charge is 0.462 e. The van der Waals surface area contributed by atoms with E-state index < -0.39 is 18.0 Å². The Morgan fingerprint density at radius 2 is 1.89 bits per heavy atom. The summed E-state index contributed by atoms with van der Waals surface area (Å²) in [6.07, 6.45) is 0.782. The Morgan fingerprint density at radius 3 is 2.26 bits per heavy atom. The Kier molecular flexibility index (Phi) is 8.86. The highest BCUT2D eigenvalue weighted by molar-refractivity contribution is 5.98. The smallest absolute Gasteiger partial charge is 0.333 e. The lowest BCUT2D eigenvalue weighted by molar-refractivity contribution is -0.365. The number of rotatable bonds is 10. The summed E-state index contributed by atoms with van der Waals surface area (Å²) in [4.78, 5) is 11.2. The normalized spacial score (nSPS) is 13.3. The van der Waals surface area contributed by atoms with Crippen molar-refractivity contribution in [1.29, 1.82) is 0 Å². The van der Waals surface area contributed by atoms with Crippen molar-refractivity contribution in [2.24, 2.45) is 0 Å². The Labute approximate surface area is 117 Å². The molecular weight excluding hydrogens is 268 g/mol. The maximum atomic E-state index is 11.2. The lowest BCUT2D eigenvalue weighted by Gasteiger charge is -2.35. The molecule has 19 heavy (non-hydrogen) atoms. The molecule has 0 radical (unpaired) electrons. The summed E-state index contributed by atoms with van der Waals surface area (Å²) in [5.41, 5.74) is 0.384. The molecule has 0 heterocycles. The van der Waals surface area contributed by atoms with Crippen molar-refractivity contribution in [2.75, 3.05) is 27.9 Å². The van der Waals surface area contributed by atoms with E-state index >= 15 is 0 Å². The van der Waals surface area contributed by atoms with Crippen molar-refractivity contribution in [1.82, 2.24) is 0 Å². The van der Waals surface area contributed by atoms with Crippen LogP contribution in [0.3, 0.4) is 0 Å². The second-order valence-corrected chi connectivity index (χ2v) is 4.41. The number of carbonyl (C=O) groups is 1.